The topological polar surface area (TPSA) is 26.6 Å². The van der Waals surface area contributed by atoms with Crippen LogP contribution in [0, 0.1) is 0 Å². The molecule has 3 heterocycles. The number of benzene rings is 8. The van der Waals surface area contributed by atoms with Crippen LogP contribution < -0.4 is 30.8 Å². The number of rotatable bonds is 4. The van der Waals surface area contributed by atoms with Gasteiger partial charge >= 0.3 is 0 Å². The predicted octanol–water partition coefficient (Wildman–Crippen LogP) is 10.1. The van der Waals surface area contributed by atoms with Crippen molar-refractivity contribution in [2.75, 3.05) is 4.90 Å². The minimum absolute atomic E-state index is 0.0397. The maximum absolute atomic E-state index is 6.78. The highest BCUT2D eigenvalue weighted by atomic mass is 16.5. The summed E-state index contributed by atoms with van der Waals surface area (Å²) in [5, 5.41) is 4.68. The number of ether oxygens (including phenoxy) is 2. The number of fused-ring (bicyclic) bond motifs is 8. The van der Waals surface area contributed by atoms with Gasteiger partial charge in [-0.3, -0.25) is 0 Å². The van der Waals surface area contributed by atoms with E-state index in [0.29, 0.717) is 0 Å². The van der Waals surface area contributed by atoms with Gasteiger partial charge in [0.25, 0.3) is 6.71 Å². The van der Waals surface area contributed by atoms with Gasteiger partial charge in [-0.1, -0.05) is 97.1 Å². The van der Waals surface area contributed by atoms with Crippen molar-refractivity contribution in [3.8, 4) is 28.7 Å². The van der Waals surface area contributed by atoms with Crippen LogP contribution in [0.3, 0.4) is 0 Å². The van der Waals surface area contributed by atoms with E-state index in [9.17, 15) is 0 Å². The summed E-state index contributed by atoms with van der Waals surface area (Å²) in [7, 11) is 0. The van der Waals surface area contributed by atoms with Crippen LogP contribution in [0.4, 0.5) is 17.1 Å². The maximum Gasteiger partial charge on any atom is 0.260 e. The van der Waals surface area contributed by atoms with Gasteiger partial charge in [-0.25, -0.2) is 0 Å². The largest absolute Gasteiger partial charge is 0.458 e. The molecule has 238 valence electrons. The molecule has 0 radical (unpaired) electrons. The fourth-order valence-electron chi connectivity index (χ4n) is 8.21. The molecule has 2 aliphatic heterocycles. The highest BCUT2D eigenvalue weighted by Crippen LogP contribution is 2.42. The van der Waals surface area contributed by atoms with Crippen molar-refractivity contribution in [3.05, 3.63) is 176 Å². The Balaban J connectivity index is 1.19. The SMILES string of the molecule is c1ccc(N(c2ccccc2)c2ccc3c4cc5c(cc4n(-c4ccccc4)c3c2)B2c3cc4ccccc4cc3Oc3cccc(c32)O5)cc1. The van der Waals surface area contributed by atoms with Crippen molar-refractivity contribution in [2.24, 2.45) is 0 Å². The van der Waals surface area contributed by atoms with Gasteiger partial charge in [0.2, 0.25) is 0 Å². The van der Waals surface area contributed by atoms with Crippen LogP contribution in [0.5, 0.6) is 23.0 Å². The van der Waals surface area contributed by atoms with Crippen molar-refractivity contribution in [3.63, 3.8) is 0 Å². The van der Waals surface area contributed by atoms with E-state index in [1.807, 2.05) is 6.07 Å². The van der Waals surface area contributed by atoms with Crippen LogP contribution >= 0.6 is 0 Å². The summed E-state index contributed by atoms with van der Waals surface area (Å²) in [4.78, 5) is 2.32. The van der Waals surface area contributed by atoms with E-state index < -0.39 is 0 Å². The normalized spacial score (nSPS) is 12.6. The second-order valence-corrected chi connectivity index (χ2v) is 13.3. The molecule has 0 N–H and O–H groups in total. The summed E-state index contributed by atoms with van der Waals surface area (Å²) in [5.74, 6) is 3.47. The summed E-state index contributed by atoms with van der Waals surface area (Å²) in [6, 6.07) is 62.4. The number of anilines is 3. The van der Waals surface area contributed by atoms with Crippen molar-refractivity contribution in [2.45, 2.75) is 0 Å². The van der Waals surface area contributed by atoms with E-state index in [-0.39, 0.29) is 6.71 Å². The van der Waals surface area contributed by atoms with E-state index in [1.165, 1.54) is 16.2 Å². The van der Waals surface area contributed by atoms with Gasteiger partial charge < -0.3 is 18.9 Å². The third-order valence-electron chi connectivity index (χ3n) is 10.4. The van der Waals surface area contributed by atoms with Crippen LogP contribution in [0.2, 0.25) is 0 Å². The Morgan fingerprint density at radius 3 is 1.67 bits per heavy atom. The molecule has 5 heteroatoms. The van der Waals surface area contributed by atoms with E-state index in [2.05, 4.69) is 179 Å². The van der Waals surface area contributed by atoms with Gasteiger partial charge in [-0.2, -0.15) is 0 Å². The molecule has 0 amide bonds. The number of hydrogen-bond donors (Lipinski definition) is 0. The number of aromatic nitrogens is 1. The molecule has 9 aromatic rings. The first-order valence-corrected chi connectivity index (χ1v) is 17.4. The lowest BCUT2D eigenvalue weighted by molar-refractivity contribution is 0.465. The number of hydrogen-bond acceptors (Lipinski definition) is 3. The van der Waals surface area contributed by atoms with Crippen LogP contribution in [0.1, 0.15) is 0 Å². The smallest absolute Gasteiger partial charge is 0.260 e. The summed E-state index contributed by atoms with van der Waals surface area (Å²) in [6.07, 6.45) is 0. The summed E-state index contributed by atoms with van der Waals surface area (Å²) < 4.78 is 15.8. The molecule has 11 rings (SSSR count). The summed E-state index contributed by atoms with van der Waals surface area (Å²) >= 11 is 0. The Labute approximate surface area is 295 Å². The lowest BCUT2D eigenvalue weighted by atomic mass is 9.34. The average molecular weight is 653 g/mol. The van der Waals surface area contributed by atoms with Crippen molar-refractivity contribution >= 4 is 72.7 Å². The molecule has 0 unspecified atom stereocenters. The zero-order chi connectivity index (χ0) is 33.5. The van der Waals surface area contributed by atoms with E-state index in [4.69, 9.17) is 9.47 Å². The first-order valence-electron chi connectivity index (χ1n) is 17.4. The molecule has 0 saturated heterocycles. The first kappa shape index (κ1) is 28.2. The Morgan fingerprint density at radius 1 is 0.412 bits per heavy atom. The molecule has 1 aromatic heterocycles. The molecule has 0 fully saturated rings. The molecule has 4 nitrogen and oxygen atoms in total. The van der Waals surface area contributed by atoms with E-state index in [1.54, 1.807) is 0 Å². The number of para-hydroxylation sites is 3. The van der Waals surface area contributed by atoms with Gasteiger partial charge in [0.15, 0.2) is 0 Å². The molecular formula is C46H29BN2O2. The fourth-order valence-corrected chi connectivity index (χ4v) is 8.21. The highest BCUT2D eigenvalue weighted by Gasteiger charge is 2.40. The average Bonchev–Trinajstić information content (AvgIpc) is 3.50. The fraction of sp³-hybridized carbons (Fsp3) is 0. The highest BCUT2D eigenvalue weighted by molar-refractivity contribution is 6.98. The van der Waals surface area contributed by atoms with Gasteiger partial charge in [0.1, 0.15) is 23.0 Å². The number of nitrogens with zero attached hydrogens (tertiary/aromatic N) is 2. The minimum Gasteiger partial charge on any atom is -0.458 e. The quantitative estimate of drug-likeness (QED) is 0.177. The van der Waals surface area contributed by atoms with Crippen LogP contribution in [-0.4, -0.2) is 11.3 Å². The van der Waals surface area contributed by atoms with Crippen molar-refractivity contribution < 1.29 is 9.47 Å². The molecule has 0 atom stereocenters. The molecule has 0 aliphatic carbocycles. The molecule has 8 aromatic carbocycles. The van der Waals surface area contributed by atoms with Gasteiger partial charge in [0, 0.05) is 39.0 Å². The first-order chi connectivity index (χ1) is 25.3. The standard InChI is InChI=1S/C46H29BN2O2/c1-4-15-32(16-5-1)48(33-17-6-2-7-18-33)35-23-24-36-37-28-45-39(29-41(37)49(40(36)27-35)34-19-8-3-9-20-34)47-38-25-30-13-10-11-14-31(30)26-44(38)50-42-21-12-22-43(51-45)46(42)47/h1-29H. The Bertz CT molecular complexity index is 2780. The van der Waals surface area contributed by atoms with Gasteiger partial charge in [-0.15, -0.1) is 0 Å². The molecular weight excluding hydrogens is 623 g/mol. The summed E-state index contributed by atoms with van der Waals surface area (Å²) in [6.45, 7) is -0.0397. The zero-order valence-corrected chi connectivity index (χ0v) is 27.5. The predicted molar refractivity (Wildman–Crippen MR) is 211 cm³/mol. The summed E-state index contributed by atoms with van der Waals surface area (Å²) in [5.41, 5.74) is 10.0. The molecule has 0 bridgehead atoms. The molecule has 0 spiro atoms. The lowest BCUT2D eigenvalue weighted by Crippen LogP contribution is -2.57. The Kier molecular flexibility index (Phi) is 6.01. The van der Waals surface area contributed by atoms with E-state index >= 15 is 0 Å². The van der Waals surface area contributed by atoms with Gasteiger partial charge in [-0.05, 0) is 101 Å². The van der Waals surface area contributed by atoms with Crippen molar-refractivity contribution in [1.29, 1.82) is 0 Å². The van der Waals surface area contributed by atoms with Crippen LogP contribution in [0.25, 0.3) is 38.3 Å². The molecule has 2 aliphatic rings. The zero-order valence-electron chi connectivity index (χ0n) is 27.5. The van der Waals surface area contributed by atoms with E-state index in [0.717, 1.165) is 78.6 Å². The van der Waals surface area contributed by atoms with Crippen LogP contribution in [0.15, 0.2) is 176 Å². The maximum atomic E-state index is 6.78. The van der Waals surface area contributed by atoms with Crippen LogP contribution in [-0.2, 0) is 0 Å². The second kappa shape index (κ2) is 10.9. The molecule has 0 saturated carbocycles. The lowest BCUT2D eigenvalue weighted by Gasteiger charge is -2.33. The third-order valence-corrected chi connectivity index (χ3v) is 10.4. The third kappa shape index (κ3) is 4.28. The monoisotopic (exact) mass is 652 g/mol. The Hall–Kier alpha value is -6.72. The minimum atomic E-state index is -0.0397. The second-order valence-electron chi connectivity index (χ2n) is 13.3. The Morgan fingerprint density at radius 2 is 0.980 bits per heavy atom. The van der Waals surface area contributed by atoms with Crippen molar-refractivity contribution in [1.82, 2.24) is 4.57 Å². The molecule has 51 heavy (non-hydrogen) atoms. The van der Waals surface area contributed by atoms with Gasteiger partial charge in [0.05, 0.1) is 11.0 Å².